The van der Waals surface area contributed by atoms with Crippen molar-refractivity contribution in [3.63, 3.8) is 0 Å². The Morgan fingerprint density at radius 3 is 2.94 bits per heavy atom. The van der Waals surface area contributed by atoms with Crippen LogP contribution in [0.25, 0.3) is 0 Å². The Hall–Kier alpha value is -1.84. The summed E-state index contributed by atoms with van der Waals surface area (Å²) in [7, 11) is 1.87. The van der Waals surface area contributed by atoms with Gasteiger partial charge in [-0.25, -0.2) is 4.39 Å². The first-order chi connectivity index (χ1) is 7.65. The third-order valence-electron chi connectivity index (χ3n) is 2.44. The summed E-state index contributed by atoms with van der Waals surface area (Å²) in [5, 5.41) is 7.26. The lowest BCUT2D eigenvalue weighted by molar-refractivity contribution is 0.628. The summed E-state index contributed by atoms with van der Waals surface area (Å²) in [6, 6.07) is 4.73. The molecule has 0 bridgehead atoms. The highest BCUT2D eigenvalue weighted by atomic mass is 19.1. The number of aromatic nitrogens is 2. The number of hydrogen-bond donors (Lipinski definition) is 1. The third kappa shape index (κ3) is 2.39. The van der Waals surface area contributed by atoms with Crippen LogP contribution in [-0.2, 0) is 13.6 Å². The van der Waals surface area contributed by atoms with Crippen LogP contribution >= 0.6 is 0 Å². The molecule has 0 aliphatic carbocycles. The van der Waals surface area contributed by atoms with E-state index in [0.29, 0.717) is 6.54 Å². The second-order valence-corrected chi connectivity index (χ2v) is 3.84. The van der Waals surface area contributed by atoms with E-state index in [0.717, 1.165) is 16.8 Å². The van der Waals surface area contributed by atoms with E-state index in [4.69, 9.17) is 0 Å². The number of aryl methyl sites for hydroxylation is 2. The first-order valence-electron chi connectivity index (χ1n) is 5.13. The fourth-order valence-corrected chi connectivity index (χ4v) is 1.55. The minimum Gasteiger partial charge on any atom is -0.381 e. The van der Waals surface area contributed by atoms with Crippen molar-refractivity contribution in [2.45, 2.75) is 13.5 Å². The number of nitrogens with one attached hydrogen (secondary N) is 1. The van der Waals surface area contributed by atoms with Gasteiger partial charge in [-0.05, 0) is 24.6 Å². The van der Waals surface area contributed by atoms with E-state index in [2.05, 4.69) is 10.4 Å². The normalized spacial score (nSPS) is 10.4. The molecule has 0 unspecified atom stereocenters. The van der Waals surface area contributed by atoms with Crippen LogP contribution in [0.2, 0.25) is 0 Å². The Morgan fingerprint density at radius 2 is 2.25 bits per heavy atom. The molecule has 2 aromatic rings. The molecule has 1 aromatic carbocycles. The molecule has 1 aromatic heterocycles. The zero-order chi connectivity index (χ0) is 11.5. The largest absolute Gasteiger partial charge is 0.381 e. The topological polar surface area (TPSA) is 29.9 Å². The fourth-order valence-electron chi connectivity index (χ4n) is 1.55. The van der Waals surface area contributed by atoms with Gasteiger partial charge in [0.2, 0.25) is 0 Å². The molecule has 0 fully saturated rings. The highest BCUT2D eigenvalue weighted by Crippen LogP contribution is 2.16. The van der Waals surface area contributed by atoms with Crippen LogP contribution in [0.3, 0.4) is 0 Å². The van der Waals surface area contributed by atoms with E-state index in [1.165, 1.54) is 12.1 Å². The van der Waals surface area contributed by atoms with Crippen LogP contribution in [0.4, 0.5) is 10.1 Å². The zero-order valence-electron chi connectivity index (χ0n) is 9.37. The van der Waals surface area contributed by atoms with Gasteiger partial charge in [0.1, 0.15) is 5.82 Å². The third-order valence-corrected chi connectivity index (χ3v) is 2.44. The molecule has 0 atom stereocenters. The summed E-state index contributed by atoms with van der Waals surface area (Å²) in [6.07, 6.45) is 3.73. The highest BCUT2D eigenvalue weighted by Gasteiger charge is 2.01. The van der Waals surface area contributed by atoms with E-state index in [1.807, 2.05) is 20.2 Å². The van der Waals surface area contributed by atoms with Gasteiger partial charge in [-0.1, -0.05) is 6.07 Å². The molecule has 2 rings (SSSR count). The van der Waals surface area contributed by atoms with Crippen molar-refractivity contribution in [2.24, 2.45) is 7.05 Å². The number of nitrogens with zero attached hydrogens (tertiary/aromatic N) is 2. The predicted molar refractivity (Wildman–Crippen MR) is 61.7 cm³/mol. The monoisotopic (exact) mass is 219 g/mol. The Kier molecular flexibility index (Phi) is 2.90. The van der Waals surface area contributed by atoms with Crippen LogP contribution in [0.1, 0.15) is 11.1 Å². The fraction of sp³-hybridized carbons (Fsp3) is 0.250. The van der Waals surface area contributed by atoms with E-state index >= 15 is 0 Å². The average molecular weight is 219 g/mol. The highest BCUT2D eigenvalue weighted by molar-refractivity contribution is 5.50. The molecule has 0 spiro atoms. The molecule has 4 heteroatoms. The van der Waals surface area contributed by atoms with Crippen molar-refractivity contribution in [1.82, 2.24) is 9.78 Å². The van der Waals surface area contributed by atoms with Crippen LogP contribution in [-0.4, -0.2) is 9.78 Å². The minimum absolute atomic E-state index is 0.223. The Balaban J connectivity index is 2.07. The van der Waals surface area contributed by atoms with Crippen molar-refractivity contribution < 1.29 is 4.39 Å². The molecule has 0 amide bonds. The van der Waals surface area contributed by atoms with Crippen LogP contribution < -0.4 is 5.32 Å². The molecule has 0 saturated heterocycles. The Labute approximate surface area is 93.9 Å². The van der Waals surface area contributed by atoms with Gasteiger partial charge in [-0.2, -0.15) is 5.10 Å². The van der Waals surface area contributed by atoms with Gasteiger partial charge >= 0.3 is 0 Å². The second-order valence-electron chi connectivity index (χ2n) is 3.84. The van der Waals surface area contributed by atoms with Crippen molar-refractivity contribution in [3.05, 3.63) is 47.5 Å². The van der Waals surface area contributed by atoms with Crippen molar-refractivity contribution in [3.8, 4) is 0 Å². The molecule has 16 heavy (non-hydrogen) atoms. The molecule has 1 heterocycles. The van der Waals surface area contributed by atoms with Crippen molar-refractivity contribution in [2.75, 3.05) is 5.32 Å². The molecule has 0 aliphatic heterocycles. The summed E-state index contributed by atoms with van der Waals surface area (Å²) < 4.78 is 14.8. The maximum Gasteiger partial charge on any atom is 0.125 e. The molecule has 0 aliphatic rings. The average Bonchev–Trinajstić information content (AvgIpc) is 2.66. The number of halogens is 1. The molecule has 0 saturated carbocycles. The summed E-state index contributed by atoms with van der Waals surface area (Å²) in [6.45, 7) is 2.60. The molecule has 0 radical (unpaired) electrons. The maximum absolute atomic E-state index is 13.0. The second kappa shape index (κ2) is 4.35. The van der Waals surface area contributed by atoms with Gasteiger partial charge in [0, 0.05) is 31.0 Å². The lowest BCUT2D eigenvalue weighted by Crippen LogP contribution is -2.00. The predicted octanol–water partition coefficient (Wildman–Crippen LogP) is 2.48. The molecule has 3 nitrogen and oxygen atoms in total. The van der Waals surface area contributed by atoms with Gasteiger partial charge in [0.05, 0.1) is 6.20 Å². The molecular formula is C12H14FN3. The van der Waals surface area contributed by atoms with Gasteiger partial charge < -0.3 is 5.32 Å². The summed E-state index contributed by atoms with van der Waals surface area (Å²) in [5.41, 5.74) is 2.93. The lowest BCUT2D eigenvalue weighted by Gasteiger charge is -2.08. The SMILES string of the molecule is Cc1ccc(F)cc1NCc1cnn(C)c1. The minimum atomic E-state index is -0.223. The van der Waals surface area contributed by atoms with E-state index < -0.39 is 0 Å². The quantitative estimate of drug-likeness (QED) is 0.859. The Bertz CT molecular complexity index is 491. The van der Waals surface area contributed by atoms with Gasteiger partial charge in [-0.15, -0.1) is 0 Å². The van der Waals surface area contributed by atoms with E-state index in [9.17, 15) is 4.39 Å². The van der Waals surface area contributed by atoms with E-state index in [1.54, 1.807) is 16.9 Å². The van der Waals surface area contributed by atoms with Crippen LogP contribution in [0.15, 0.2) is 30.6 Å². The molecular weight excluding hydrogens is 205 g/mol. The standard InChI is InChI=1S/C12H14FN3/c1-9-3-4-11(13)5-12(9)14-6-10-7-15-16(2)8-10/h3-5,7-8,14H,6H2,1-2H3. The van der Waals surface area contributed by atoms with E-state index in [-0.39, 0.29) is 5.82 Å². The van der Waals surface area contributed by atoms with Crippen LogP contribution in [0.5, 0.6) is 0 Å². The molecule has 1 N–H and O–H groups in total. The first kappa shape index (κ1) is 10.7. The van der Waals surface area contributed by atoms with Gasteiger partial charge in [-0.3, -0.25) is 4.68 Å². The van der Waals surface area contributed by atoms with Crippen LogP contribution in [0, 0.1) is 12.7 Å². The smallest absolute Gasteiger partial charge is 0.125 e. The van der Waals surface area contributed by atoms with Crippen molar-refractivity contribution in [1.29, 1.82) is 0 Å². The van der Waals surface area contributed by atoms with Crippen molar-refractivity contribution >= 4 is 5.69 Å². The Morgan fingerprint density at radius 1 is 1.44 bits per heavy atom. The summed E-state index contributed by atoms with van der Waals surface area (Å²) in [5.74, 6) is -0.223. The molecule has 84 valence electrons. The maximum atomic E-state index is 13.0. The van der Waals surface area contributed by atoms with Gasteiger partial charge in [0.25, 0.3) is 0 Å². The number of rotatable bonds is 3. The number of anilines is 1. The zero-order valence-corrected chi connectivity index (χ0v) is 9.37. The lowest BCUT2D eigenvalue weighted by atomic mass is 10.2. The summed E-state index contributed by atoms with van der Waals surface area (Å²) >= 11 is 0. The number of hydrogen-bond acceptors (Lipinski definition) is 2. The van der Waals surface area contributed by atoms with Gasteiger partial charge in [0.15, 0.2) is 0 Å². The first-order valence-corrected chi connectivity index (χ1v) is 5.13. The number of benzene rings is 1. The summed E-state index contributed by atoms with van der Waals surface area (Å²) in [4.78, 5) is 0.